The van der Waals surface area contributed by atoms with Crippen LogP contribution in [-0.4, -0.2) is 36.1 Å². The third-order valence-electron chi connectivity index (χ3n) is 4.41. The molecule has 3 aromatic rings. The van der Waals surface area contributed by atoms with E-state index in [4.69, 9.17) is 4.74 Å². The van der Waals surface area contributed by atoms with E-state index in [0.29, 0.717) is 19.6 Å². The van der Waals surface area contributed by atoms with Crippen molar-refractivity contribution in [1.82, 2.24) is 15.3 Å². The number of aryl methyl sites for hydroxylation is 1. The largest absolute Gasteiger partial charge is 0.385 e. The number of fused-ring (bicyclic) bond motifs is 1. The number of amides is 1. The molecular formula is C21H25N3O2. The SMILES string of the molecule is COCCCNC(=O)CCCc1c(-c2ccccn2)[nH]c2ccccc12. The van der Waals surface area contributed by atoms with Crippen molar-refractivity contribution in [3.63, 3.8) is 0 Å². The Morgan fingerprint density at radius 1 is 1.15 bits per heavy atom. The van der Waals surface area contributed by atoms with Crippen LogP contribution in [-0.2, 0) is 16.0 Å². The third kappa shape index (κ3) is 4.49. The molecule has 5 nitrogen and oxygen atoms in total. The number of aromatic nitrogens is 2. The van der Waals surface area contributed by atoms with E-state index >= 15 is 0 Å². The number of hydrogen-bond acceptors (Lipinski definition) is 3. The lowest BCUT2D eigenvalue weighted by Crippen LogP contribution is -2.24. The summed E-state index contributed by atoms with van der Waals surface area (Å²) in [4.78, 5) is 20.0. The smallest absolute Gasteiger partial charge is 0.220 e. The number of para-hydroxylation sites is 1. The fraction of sp³-hybridized carbons (Fsp3) is 0.333. The van der Waals surface area contributed by atoms with Gasteiger partial charge in [0.25, 0.3) is 0 Å². The van der Waals surface area contributed by atoms with Crippen molar-refractivity contribution in [1.29, 1.82) is 0 Å². The maximum atomic E-state index is 12.0. The van der Waals surface area contributed by atoms with Crippen molar-refractivity contribution in [3.8, 4) is 11.4 Å². The second-order valence-electron chi connectivity index (χ2n) is 6.29. The number of carbonyl (C=O) groups is 1. The molecule has 0 aliphatic rings. The number of H-pyrrole nitrogens is 1. The minimum absolute atomic E-state index is 0.0975. The highest BCUT2D eigenvalue weighted by Gasteiger charge is 2.14. The van der Waals surface area contributed by atoms with E-state index in [9.17, 15) is 4.79 Å². The number of nitrogens with zero attached hydrogens (tertiary/aromatic N) is 1. The molecule has 0 radical (unpaired) electrons. The van der Waals surface area contributed by atoms with Gasteiger partial charge in [-0.05, 0) is 43.0 Å². The molecule has 2 heterocycles. The van der Waals surface area contributed by atoms with Gasteiger partial charge in [0.1, 0.15) is 0 Å². The second-order valence-corrected chi connectivity index (χ2v) is 6.29. The van der Waals surface area contributed by atoms with Gasteiger partial charge in [-0.2, -0.15) is 0 Å². The van der Waals surface area contributed by atoms with Crippen molar-refractivity contribution >= 4 is 16.8 Å². The molecule has 0 aliphatic heterocycles. The standard InChI is InChI=1S/C21H25N3O2/c1-26-15-7-14-23-20(25)12-6-9-17-16-8-2-3-10-18(16)24-21(17)19-11-4-5-13-22-19/h2-5,8,10-11,13,24H,6-7,9,12,14-15H2,1H3,(H,23,25). The van der Waals surface area contributed by atoms with Crippen molar-refractivity contribution in [2.75, 3.05) is 20.3 Å². The Kier molecular flexibility index (Phi) is 6.39. The summed E-state index contributed by atoms with van der Waals surface area (Å²) in [6.07, 6.45) is 4.81. The Labute approximate surface area is 153 Å². The zero-order valence-electron chi connectivity index (χ0n) is 15.1. The molecule has 0 saturated heterocycles. The maximum absolute atomic E-state index is 12.0. The lowest BCUT2D eigenvalue weighted by Gasteiger charge is -2.06. The van der Waals surface area contributed by atoms with Crippen LogP contribution >= 0.6 is 0 Å². The first-order valence-corrected chi connectivity index (χ1v) is 9.06. The van der Waals surface area contributed by atoms with E-state index < -0.39 is 0 Å². The molecule has 2 N–H and O–H groups in total. The fourth-order valence-corrected chi connectivity index (χ4v) is 3.15. The first kappa shape index (κ1) is 18.1. The lowest BCUT2D eigenvalue weighted by atomic mass is 10.0. The van der Waals surface area contributed by atoms with Crippen LogP contribution in [0.15, 0.2) is 48.7 Å². The molecular weight excluding hydrogens is 326 g/mol. The van der Waals surface area contributed by atoms with E-state index in [-0.39, 0.29) is 5.91 Å². The van der Waals surface area contributed by atoms with E-state index in [2.05, 4.69) is 27.4 Å². The average molecular weight is 351 g/mol. The van der Waals surface area contributed by atoms with Gasteiger partial charge in [-0.3, -0.25) is 9.78 Å². The van der Waals surface area contributed by atoms with Gasteiger partial charge in [-0.15, -0.1) is 0 Å². The molecule has 0 saturated carbocycles. The number of nitrogens with one attached hydrogen (secondary N) is 2. The molecule has 0 spiro atoms. The molecule has 5 heteroatoms. The van der Waals surface area contributed by atoms with Crippen LogP contribution in [0.5, 0.6) is 0 Å². The number of ether oxygens (including phenoxy) is 1. The summed E-state index contributed by atoms with van der Waals surface area (Å²) < 4.78 is 4.99. The lowest BCUT2D eigenvalue weighted by molar-refractivity contribution is -0.121. The van der Waals surface area contributed by atoms with Crippen molar-refractivity contribution in [3.05, 3.63) is 54.2 Å². The summed E-state index contributed by atoms with van der Waals surface area (Å²) in [6, 6.07) is 14.2. The molecule has 0 bridgehead atoms. The van der Waals surface area contributed by atoms with Gasteiger partial charge >= 0.3 is 0 Å². The number of benzene rings is 1. The number of carbonyl (C=O) groups excluding carboxylic acids is 1. The number of rotatable bonds is 9. The van der Waals surface area contributed by atoms with Gasteiger partial charge in [0, 0.05) is 43.8 Å². The zero-order chi connectivity index (χ0) is 18.2. The van der Waals surface area contributed by atoms with Crippen LogP contribution < -0.4 is 5.32 Å². The summed E-state index contributed by atoms with van der Waals surface area (Å²) in [6.45, 7) is 1.34. The van der Waals surface area contributed by atoms with Crippen LogP contribution in [0.25, 0.3) is 22.3 Å². The van der Waals surface area contributed by atoms with Crippen LogP contribution in [0.3, 0.4) is 0 Å². The summed E-state index contributed by atoms with van der Waals surface area (Å²) in [5, 5.41) is 4.14. The molecule has 1 amide bonds. The third-order valence-corrected chi connectivity index (χ3v) is 4.41. The first-order valence-electron chi connectivity index (χ1n) is 9.06. The van der Waals surface area contributed by atoms with Gasteiger partial charge < -0.3 is 15.0 Å². The van der Waals surface area contributed by atoms with E-state index in [1.54, 1.807) is 13.3 Å². The summed E-state index contributed by atoms with van der Waals surface area (Å²) in [7, 11) is 1.67. The number of hydrogen-bond donors (Lipinski definition) is 2. The molecule has 0 unspecified atom stereocenters. The van der Waals surface area contributed by atoms with E-state index in [1.807, 2.05) is 30.3 Å². The minimum atomic E-state index is 0.0975. The van der Waals surface area contributed by atoms with Gasteiger partial charge in [0.05, 0.1) is 11.4 Å². The van der Waals surface area contributed by atoms with Crippen molar-refractivity contribution in [2.24, 2.45) is 0 Å². The average Bonchev–Trinajstić information content (AvgIpc) is 3.05. The van der Waals surface area contributed by atoms with E-state index in [0.717, 1.165) is 36.2 Å². The molecule has 1 aromatic carbocycles. The Morgan fingerprint density at radius 3 is 2.81 bits per heavy atom. The molecule has 0 atom stereocenters. The highest BCUT2D eigenvalue weighted by molar-refractivity contribution is 5.90. The Bertz CT molecular complexity index is 843. The Morgan fingerprint density at radius 2 is 2.00 bits per heavy atom. The van der Waals surface area contributed by atoms with Crippen molar-refractivity contribution < 1.29 is 9.53 Å². The quantitative estimate of drug-likeness (QED) is 0.578. The second kappa shape index (κ2) is 9.15. The van der Waals surface area contributed by atoms with Gasteiger partial charge in [-0.1, -0.05) is 24.3 Å². The van der Waals surface area contributed by atoms with Crippen molar-refractivity contribution in [2.45, 2.75) is 25.7 Å². The highest BCUT2D eigenvalue weighted by atomic mass is 16.5. The Hall–Kier alpha value is -2.66. The summed E-state index contributed by atoms with van der Waals surface area (Å²) in [5.41, 5.74) is 4.31. The minimum Gasteiger partial charge on any atom is -0.385 e. The molecule has 136 valence electrons. The molecule has 0 fully saturated rings. The summed E-state index contributed by atoms with van der Waals surface area (Å²) in [5.74, 6) is 0.0975. The highest BCUT2D eigenvalue weighted by Crippen LogP contribution is 2.30. The van der Waals surface area contributed by atoms with E-state index in [1.165, 1.54) is 10.9 Å². The number of methoxy groups -OCH3 is 1. The van der Waals surface area contributed by atoms with Gasteiger partial charge in [0.15, 0.2) is 0 Å². The molecule has 0 aliphatic carbocycles. The van der Waals surface area contributed by atoms with Gasteiger partial charge in [0.2, 0.25) is 5.91 Å². The van der Waals surface area contributed by atoms with Crippen LogP contribution in [0.4, 0.5) is 0 Å². The molecule has 2 aromatic heterocycles. The zero-order valence-corrected chi connectivity index (χ0v) is 15.1. The molecule has 3 rings (SSSR count). The van der Waals surface area contributed by atoms with Crippen LogP contribution in [0.2, 0.25) is 0 Å². The normalized spacial score (nSPS) is 11.0. The topological polar surface area (TPSA) is 67.0 Å². The monoisotopic (exact) mass is 351 g/mol. The predicted octanol–water partition coefficient (Wildman–Crippen LogP) is 3.71. The fourth-order valence-electron chi connectivity index (χ4n) is 3.15. The van der Waals surface area contributed by atoms with Gasteiger partial charge in [-0.25, -0.2) is 0 Å². The summed E-state index contributed by atoms with van der Waals surface area (Å²) >= 11 is 0. The van der Waals surface area contributed by atoms with Crippen LogP contribution in [0.1, 0.15) is 24.8 Å². The molecule has 26 heavy (non-hydrogen) atoms. The maximum Gasteiger partial charge on any atom is 0.220 e. The number of pyridine rings is 1. The first-order chi connectivity index (χ1) is 12.8. The van der Waals surface area contributed by atoms with Crippen LogP contribution in [0, 0.1) is 0 Å². The predicted molar refractivity (Wildman–Crippen MR) is 104 cm³/mol. The number of aromatic amines is 1. The Balaban J connectivity index is 1.68.